The number of hydrogen-bond donors (Lipinski definition) is 0. The standard InChI is InChI=1S/C23H26N6O3/c1-16-6-7-25-23(27-16)32-20-4-2-19(3-5-20)31-21-12-18(28-8-10-30-11-9-28)15-29-22(21)17(13-24)14-26-29/h6-7,12,14-15,19-20H,2-5,8-11H2,1H3. The molecule has 0 aromatic carbocycles. The van der Waals surface area contributed by atoms with E-state index in [0.29, 0.717) is 30.5 Å². The van der Waals surface area contributed by atoms with Gasteiger partial charge in [0.25, 0.3) is 0 Å². The van der Waals surface area contributed by atoms with Gasteiger partial charge < -0.3 is 19.1 Å². The van der Waals surface area contributed by atoms with E-state index in [9.17, 15) is 5.26 Å². The first-order chi connectivity index (χ1) is 15.7. The zero-order valence-corrected chi connectivity index (χ0v) is 18.1. The van der Waals surface area contributed by atoms with E-state index in [-0.39, 0.29) is 12.2 Å². The zero-order valence-electron chi connectivity index (χ0n) is 18.1. The fourth-order valence-electron chi connectivity index (χ4n) is 4.32. The van der Waals surface area contributed by atoms with E-state index in [4.69, 9.17) is 14.2 Å². The highest BCUT2D eigenvalue weighted by molar-refractivity contribution is 5.72. The number of morpholine rings is 1. The van der Waals surface area contributed by atoms with Gasteiger partial charge in [-0.2, -0.15) is 10.4 Å². The monoisotopic (exact) mass is 434 g/mol. The third-order valence-corrected chi connectivity index (χ3v) is 6.02. The number of pyridine rings is 1. The van der Waals surface area contributed by atoms with Crippen molar-refractivity contribution in [2.45, 2.75) is 44.8 Å². The maximum atomic E-state index is 9.55. The summed E-state index contributed by atoms with van der Waals surface area (Å²) in [5.41, 5.74) is 3.15. The van der Waals surface area contributed by atoms with Crippen LogP contribution in [0.5, 0.6) is 11.8 Å². The SMILES string of the molecule is Cc1ccnc(OC2CCC(Oc3cc(N4CCOCC4)cn4ncc(C#N)c34)CC2)n1. The van der Waals surface area contributed by atoms with E-state index in [2.05, 4.69) is 26.0 Å². The Morgan fingerprint density at radius 2 is 1.88 bits per heavy atom. The summed E-state index contributed by atoms with van der Waals surface area (Å²) < 4.78 is 19.7. The van der Waals surface area contributed by atoms with Crippen LogP contribution in [0.1, 0.15) is 36.9 Å². The molecule has 1 aliphatic carbocycles. The molecule has 1 saturated carbocycles. The van der Waals surface area contributed by atoms with Crippen LogP contribution < -0.4 is 14.4 Å². The first-order valence-corrected chi connectivity index (χ1v) is 11.1. The molecule has 0 unspecified atom stereocenters. The van der Waals surface area contributed by atoms with Gasteiger partial charge in [-0.1, -0.05) is 0 Å². The van der Waals surface area contributed by atoms with Crippen LogP contribution in [-0.4, -0.2) is 58.1 Å². The minimum absolute atomic E-state index is 0.0541. The van der Waals surface area contributed by atoms with Crippen molar-refractivity contribution in [1.29, 1.82) is 5.26 Å². The average Bonchev–Trinajstić information content (AvgIpc) is 3.24. The smallest absolute Gasteiger partial charge is 0.316 e. The first-order valence-electron chi connectivity index (χ1n) is 11.1. The van der Waals surface area contributed by atoms with Crippen molar-refractivity contribution < 1.29 is 14.2 Å². The van der Waals surface area contributed by atoms with Crippen molar-refractivity contribution in [1.82, 2.24) is 19.6 Å². The summed E-state index contributed by atoms with van der Waals surface area (Å²) in [4.78, 5) is 10.8. The van der Waals surface area contributed by atoms with Crippen molar-refractivity contribution in [2.24, 2.45) is 0 Å². The number of fused-ring (bicyclic) bond motifs is 1. The summed E-state index contributed by atoms with van der Waals surface area (Å²) in [7, 11) is 0. The molecule has 0 N–H and O–H groups in total. The van der Waals surface area contributed by atoms with Gasteiger partial charge in [0, 0.05) is 31.0 Å². The number of aromatic nitrogens is 4. The Bertz CT molecular complexity index is 1130. The maximum Gasteiger partial charge on any atom is 0.316 e. The van der Waals surface area contributed by atoms with E-state index in [1.165, 1.54) is 0 Å². The van der Waals surface area contributed by atoms with Crippen LogP contribution in [0, 0.1) is 18.3 Å². The predicted molar refractivity (Wildman–Crippen MR) is 117 cm³/mol. The third-order valence-electron chi connectivity index (χ3n) is 6.02. The molecule has 5 rings (SSSR count). The molecular weight excluding hydrogens is 408 g/mol. The maximum absolute atomic E-state index is 9.55. The van der Waals surface area contributed by atoms with Gasteiger partial charge >= 0.3 is 6.01 Å². The van der Waals surface area contributed by atoms with Crippen LogP contribution in [0.3, 0.4) is 0 Å². The summed E-state index contributed by atoms with van der Waals surface area (Å²) in [5, 5.41) is 13.9. The number of rotatable bonds is 5. The predicted octanol–water partition coefficient (Wildman–Crippen LogP) is 2.91. The Morgan fingerprint density at radius 3 is 2.59 bits per heavy atom. The van der Waals surface area contributed by atoms with Crippen LogP contribution in [-0.2, 0) is 4.74 Å². The molecule has 3 aromatic heterocycles. The van der Waals surface area contributed by atoms with Crippen LogP contribution in [0.25, 0.3) is 5.52 Å². The van der Waals surface area contributed by atoms with Crippen molar-refractivity contribution >= 4 is 11.2 Å². The lowest BCUT2D eigenvalue weighted by Gasteiger charge is -2.31. The number of aryl methyl sites for hydroxylation is 1. The molecule has 166 valence electrons. The molecule has 0 amide bonds. The van der Waals surface area contributed by atoms with Crippen LogP contribution in [0.4, 0.5) is 5.69 Å². The van der Waals surface area contributed by atoms with Crippen LogP contribution in [0.2, 0.25) is 0 Å². The van der Waals surface area contributed by atoms with Crippen LogP contribution >= 0.6 is 0 Å². The quantitative estimate of drug-likeness (QED) is 0.605. The largest absolute Gasteiger partial charge is 0.488 e. The second kappa shape index (κ2) is 9.01. The summed E-state index contributed by atoms with van der Waals surface area (Å²) in [6, 6.07) is 6.56. The van der Waals surface area contributed by atoms with Gasteiger partial charge in [0.2, 0.25) is 0 Å². The highest BCUT2D eigenvalue weighted by atomic mass is 16.5. The van der Waals surface area contributed by atoms with E-state index in [0.717, 1.165) is 55.7 Å². The van der Waals surface area contributed by atoms with Gasteiger partial charge in [0.05, 0.1) is 37.4 Å². The number of nitrogens with zero attached hydrogens (tertiary/aromatic N) is 6. The summed E-state index contributed by atoms with van der Waals surface area (Å²) in [6.07, 6.45) is 8.87. The van der Waals surface area contributed by atoms with Gasteiger partial charge in [0.15, 0.2) is 0 Å². The Hall–Kier alpha value is -3.38. The summed E-state index contributed by atoms with van der Waals surface area (Å²) in [6.45, 7) is 4.97. The number of anilines is 1. The van der Waals surface area contributed by atoms with Gasteiger partial charge in [-0.15, -0.1) is 0 Å². The molecule has 9 heteroatoms. The third kappa shape index (κ3) is 4.32. The molecule has 9 nitrogen and oxygen atoms in total. The molecular formula is C23H26N6O3. The van der Waals surface area contributed by atoms with E-state index < -0.39 is 0 Å². The first kappa shape index (κ1) is 20.5. The second-order valence-corrected chi connectivity index (χ2v) is 8.24. The molecule has 0 bridgehead atoms. The number of hydrogen-bond acceptors (Lipinski definition) is 8. The lowest BCUT2D eigenvalue weighted by atomic mass is 9.95. The number of ether oxygens (including phenoxy) is 3. The van der Waals surface area contributed by atoms with Gasteiger partial charge in [-0.25, -0.2) is 14.5 Å². The minimum atomic E-state index is 0.0541. The Balaban J connectivity index is 1.31. The zero-order chi connectivity index (χ0) is 21.9. The van der Waals surface area contributed by atoms with Gasteiger partial charge in [-0.3, -0.25) is 0 Å². The van der Waals surface area contributed by atoms with E-state index in [1.807, 2.05) is 25.3 Å². The fraction of sp³-hybridized carbons (Fsp3) is 0.478. The van der Waals surface area contributed by atoms with Crippen molar-refractivity contribution in [3.63, 3.8) is 0 Å². The lowest BCUT2D eigenvalue weighted by Crippen LogP contribution is -2.36. The molecule has 1 aliphatic heterocycles. The molecule has 0 atom stereocenters. The lowest BCUT2D eigenvalue weighted by molar-refractivity contribution is 0.0754. The Kier molecular flexibility index (Phi) is 5.77. The topological polar surface area (TPSA) is 97.8 Å². The molecule has 1 saturated heterocycles. The molecule has 32 heavy (non-hydrogen) atoms. The highest BCUT2D eigenvalue weighted by Crippen LogP contribution is 2.33. The summed E-state index contributed by atoms with van der Waals surface area (Å²) >= 11 is 0. The van der Waals surface area contributed by atoms with Crippen molar-refractivity contribution in [2.75, 3.05) is 31.2 Å². The van der Waals surface area contributed by atoms with E-state index in [1.54, 1.807) is 16.9 Å². The molecule has 0 spiro atoms. The molecule has 3 aromatic rings. The second-order valence-electron chi connectivity index (χ2n) is 8.24. The minimum Gasteiger partial charge on any atom is -0.488 e. The molecule has 0 radical (unpaired) electrons. The highest BCUT2D eigenvalue weighted by Gasteiger charge is 2.26. The number of nitriles is 1. The van der Waals surface area contributed by atoms with Gasteiger partial charge in [-0.05, 0) is 38.7 Å². The van der Waals surface area contributed by atoms with Crippen LogP contribution in [0.15, 0.2) is 30.7 Å². The van der Waals surface area contributed by atoms with E-state index >= 15 is 0 Å². The normalized spacial score (nSPS) is 21.3. The van der Waals surface area contributed by atoms with Gasteiger partial charge in [0.1, 0.15) is 29.0 Å². The molecule has 4 heterocycles. The average molecular weight is 435 g/mol. The molecule has 2 aliphatic rings. The fourth-order valence-corrected chi connectivity index (χ4v) is 4.32. The molecule has 2 fully saturated rings. The summed E-state index contributed by atoms with van der Waals surface area (Å²) in [5.74, 6) is 0.703. The Morgan fingerprint density at radius 1 is 1.12 bits per heavy atom. The van der Waals surface area contributed by atoms with Crippen molar-refractivity contribution in [3.8, 4) is 17.8 Å². The van der Waals surface area contributed by atoms with Crippen molar-refractivity contribution in [3.05, 3.63) is 42.0 Å². The Labute approximate surface area is 186 Å².